The van der Waals surface area contributed by atoms with Gasteiger partial charge >= 0.3 is 0 Å². The van der Waals surface area contributed by atoms with Crippen LogP contribution in [-0.4, -0.2) is 8.07 Å². The van der Waals surface area contributed by atoms with Crippen molar-refractivity contribution in [3.8, 4) is 0 Å². The second kappa shape index (κ2) is 15.9. The predicted molar refractivity (Wildman–Crippen MR) is 217 cm³/mol. The summed E-state index contributed by atoms with van der Waals surface area (Å²) in [6.45, 7) is 17.3. The molecule has 248 valence electrons. The number of allylic oxidation sites excluding steroid dienone is 8. The Labute approximate surface area is 303 Å². The number of anilines is 3. The van der Waals surface area contributed by atoms with Gasteiger partial charge < -0.3 is 4.90 Å². The number of benzene rings is 3. The van der Waals surface area contributed by atoms with E-state index in [4.69, 9.17) is 0 Å². The van der Waals surface area contributed by atoms with E-state index in [2.05, 4.69) is 176 Å². The maximum absolute atomic E-state index is 3.62. The van der Waals surface area contributed by atoms with Crippen molar-refractivity contribution < 1.29 is 0 Å². The van der Waals surface area contributed by atoms with Gasteiger partial charge in [-0.2, -0.15) is 0 Å². The van der Waals surface area contributed by atoms with E-state index in [1.165, 1.54) is 48.4 Å². The summed E-state index contributed by atoms with van der Waals surface area (Å²) in [5.41, 5.74) is 14.7. The van der Waals surface area contributed by atoms with Crippen LogP contribution in [0.3, 0.4) is 0 Å². The topological polar surface area (TPSA) is 3.24 Å². The maximum atomic E-state index is 3.62. The fraction of sp³-hybridized carbons (Fsp3) is 0.395. The molecule has 2 aliphatic rings. The monoisotopic (exact) mass is 769 g/mol. The summed E-state index contributed by atoms with van der Waals surface area (Å²) in [7, 11) is -1.57. The first-order valence-electron chi connectivity index (χ1n) is 17.8. The lowest BCUT2D eigenvalue weighted by Crippen LogP contribution is -2.43. The number of hydrogen-bond donors (Lipinski definition) is 0. The summed E-state index contributed by atoms with van der Waals surface area (Å²) >= 11 is 7.25. The van der Waals surface area contributed by atoms with Crippen LogP contribution in [0.4, 0.5) is 17.1 Å². The van der Waals surface area contributed by atoms with Crippen LogP contribution in [0.1, 0.15) is 92.6 Å². The van der Waals surface area contributed by atoms with E-state index in [1.54, 1.807) is 16.7 Å². The van der Waals surface area contributed by atoms with E-state index in [0.717, 1.165) is 55.5 Å². The minimum atomic E-state index is -1.57. The lowest BCUT2D eigenvalue weighted by Gasteiger charge is -2.43. The van der Waals surface area contributed by atoms with Gasteiger partial charge in [0.25, 0.3) is 0 Å². The Bertz CT molecular complexity index is 1570. The van der Waals surface area contributed by atoms with Crippen LogP contribution in [0.15, 0.2) is 122 Å². The molecule has 0 radical (unpaired) electrons. The number of halogens is 2. The first-order valence-corrected chi connectivity index (χ1v) is 21.9. The van der Waals surface area contributed by atoms with Crippen molar-refractivity contribution in [1.29, 1.82) is 0 Å². The fourth-order valence-electron chi connectivity index (χ4n) is 8.34. The molecule has 0 saturated carbocycles. The number of unbranched alkanes of at least 4 members (excludes halogenated alkanes) is 1. The smallest absolute Gasteiger partial charge is 0.0650 e. The van der Waals surface area contributed by atoms with Crippen LogP contribution in [0.2, 0.25) is 22.7 Å². The highest BCUT2D eigenvalue weighted by atomic mass is 79.9. The zero-order valence-electron chi connectivity index (χ0n) is 29.5. The number of nitrogens with zero attached hydrogens (tertiary/aromatic N) is 1. The molecule has 0 heterocycles. The molecule has 0 fully saturated rings. The fourth-order valence-corrected chi connectivity index (χ4v) is 14.8. The molecule has 0 unspecified atom stereocenters. The molecule has 0 amide bonds. The van der Waals surface area contributed by atoms with E-state index in [-0.39, 0.29) is 0 Å². The molecular formula is C43H53Br2NSi. The molecule has 0 spiro atoms. The zero-order chi connectivity index (χ0) is 33.7. The zero-order valence-corrected chi connectivity index (χ0v) is 33.7. The third-order valence-electron chi connectivity index (χ3n) is 10.9. The van der Waals surface area contributed by atoms with E-state index in [9.17, 15) is 0 Å². The summed E-state index contributed by atoms with van der Waals surface area (Å²) in [5, 5.41) is 0. The van der Waals surface area contributed by atoms with Crippen LogP contribution in [-0.2, 0) is 0 Å². The largest absolute Gasteiger partial charge is 0.311 e. The summed E-state index contributed by atoms with van der Waals surface area (Å²) in [6, 6.07) is 27.8. The summed E-state index contributed by atoms with van der Waals surface area (Å²) < 4.78 is 2.16. The maximum Gasteiger partial charge on any atom is 0.0650 e. The van der Waals surface area contributed by atoms with Gasteiger partial charge in [-0.25, -0.2) is 0 Å². The van der Waals surface area contributed by atoms with Crippen LogP contribution >= 0.6 is 31.9 Å². The molecule has 0 saturated heterocycles. The Kier molecular flexibility index (Phi) is 12.1. The van der Waals surface area contributed by atoms with Crippen molar-refractivity contribution >= 4 is 62.6 Å². The third-order valence-corrected chi connectivity index (χ3v) is 19.3. The van der Waals surface area contributed by atoms with Crippen molar-refractivity contribution in [2.24, 2.45) is 0 Å². The molecule has 0 aromatic heterocycles. The second-order valence-electron chi connectivity index (χ2n) is 14.4. The molecule has 2 aliphatic carbocycles. The van der Waals surface area contributed by atoms with Gasteiger partial charge in [0.15, 0.2) is 0 Å². The van der Waals surface area contributed by atoms with E-state index >= 15 is 0 Å². The van der Waals surface area contributed by atoms with Gasteiger partial charge in [0.2, 0.25) is 0 Å². The quantitative estimate of drug-likeness (QED) is 0.166. The first-order chi connectivity index (χ1) is 22.6. The Morgan fingerprint density at radius 1 is 0.723 bits per heavy atom. The van der Waals surface area contributed by atoms with Crippen molar-refractivity contribution in [3.63, 3.8) is 0 Å². The van der Waals surface area contributed by atoms with Gasteiger partial charge in [-0.1, -0.05) is 134 Å². The average Bonchev–Trinajstić information content (AvgIpc) is 3.42. The molecular weight excluding hydrogens is 718 g/mol. The predicted octanol–water partition coefficient (Wildman–Crippen LogP) is 15.3. The van der Waals surface area contributed by atoms with Crippen molar-refractivity contribution in [3.05, 3.63) is 128 Å². The normalized spacial score (nSPS) is 16.5. The molecule has 3 aromatic carbocycles. The minimum absolute atomic E-state index is 0.759. The Morgan fingerprint density at radius 2 is 1.21 bits per heavy atom. The molecule has 0 bridgehead atoms. The van der Waals surface area contributed by atoms with Gasteiger partial charge in [0.1, 0.15) is 0 Å². The Hall–Kier alpha value is -2.40. The lowest BCUT2D eigenvalue weighted by atomic mass is 9.87. The third kappa shape index (κ3) is 7.76. The summed E-state index contributed by atoms with van der Waals surface area (Å²) in [5.74, 6) is 0. The molecule has 1 nitrogen and oxygen atoms in total. The molecule has 4 heteroatoms. The van der Waals surface area contributed by atoms with Crippen molar-refractivity contribution in [1.82, 2.24) is 0 Å². The highest BCUT2D eigenvalue weighted by Gasteiger charge is 2.42. The summed E-state index contributed by atoms with van der Waals surface area (Å²) in [6.07, 6.45) is 15.1. The van der Waals surface area contributed by atoms with Crippen LogP contribution in [0, 0.1) is 0 Å². The Balaban J connectivity index is 1.56. The van der Waals surface area contributed by atoms with Gasteiger partial charge in [-0.15, -0.1) is 0 Å². The van der Waals surface area contributed by atoms with Crippen molar-refractivity contribution in [2.45, 2.75) is 110 Å². The number of hydrogen-bond acceptors (Lipinski definition) is 1. The van der Waals surface area contributed by atoms with Crippen LogP contribution < -0.4 is 4.90 Å². The standard InChI is InChI=1S/C43H53Br2NSi/c1-8-9-13-40(43-29-34-12-10-11-14-41(34)42(43)27-28-47(30(2)3,31(4)5)32(6)7)33-15-21-37(22-16-33)46(38-23-17-35(44)18-24-38)39-25-19-36(45)20-26-39/h13,15-27,29-32H,8-12,14,28H2,1-7H3/b40-13+,42-27+. The SMILES string of the molecule is CCC/C=C(/C1=CC2=C(CCCC2)/C1=C\C[Si](C(C)C)(C(C)C)C(C)C)c1ccc(N(c2ccc(Br)cc2)c2ccc(Br)cc2)cc1. The molecule has 0 N–H and O–H groups in total. The first kappa shape index (κ1) is 35.9. The second-order valence-corrected chi connectivity index (χ2v) is 22.3. The molecule has 0 atom stereocenters. The molecule has 47 heavy (non-hydrogen) atoms. The molecule has 5 rings (SSSR count). The number of rotatable bonds is 12. The molecule has 3 aromatic rings. The van der Waals surface area contributed by atoms with Crippen LogP contribution in [0.5, 0.6) is 0 Å². The highest BCUT2D eigenvalue weighted by molar-refractivity contribution is 9.10. The Morgan fingerprint density at radius 3 is 1.70 bits per heavy atom. The average molecular weight is 772 g/mol. The van der Waals surface area contributed by atoms with E-state index in [0.29, 0.717) is 0 Å². The van der Waals surface area contributed by atoms with Crippen molar-refractivity contribution in [2.75, 3.05) is 4.90 Å². The molecule has 0 aliphatic heterocycles. The van der Waals surface area contributed by atoms with Gasteiger partial charge in [-0.3, -0.25) is 0 Å². The highest BCUT2D eigenvalue weighted by Crippen LogP contribution is 2.49. The van der Waals surface area contributed by atoms with Gasteiger partial charge in [-0.05, 0) is 132 Å². The van der Waals surface area contributed by atoms with E-state index in [1.807, 2.05) is 0 Å². The van der Waals surface area contributed by atoms with Gasteiger partial charge in [0.05, 0.1) is 8.07 Å². The van der Waals surface area contributed by atoms with Crippen LogP contribution in [0.25, 0.3) is 5.57 Å². The van der Waals surface area contributed by atoms with E-state index < -0.39 is 8.07 Å². The lowest BCUT2D eigenvalue weighted by molar-refractivity contribution is 0.694. The van der Waals surface area contributed by atoms with Gasteiger partial charge in [0, 0.05) is 26.0 Å². The summed E-state index contributed by atoms with van der Waals surface area (Å²) in [4.78, 5) is 2.34. The minimum Gasteiger partial charge on any atom is -0.311 e.